The van der Waals surface area contributed by atoms with Crippen molar-refractivity contribution in [2.45, 2.75) is 12.1 Å². The van der Waals surface area contributed by atoms with Crippen LogP contribution >= 0.6 is 0 Å². The Labute approximate surface area is 81.3 Å². The number of hydrogen-bond donors (Lipinski definition) is 1. The average Bonchev–Trinajstić information content (AvgIpc) is 2.18. The Morgan fingerprint density at radius 3 is 2.79 bits per heavy atom. The van der Waals surface area contributed by atoms with E-state index in [1.54, 1.807) is 19.2 Å². The fraction of sp³-hybridized carbons (Fsp3) is 0.300. The quantitative estimate of drug-likeness (QED) is 0.668. The van der Waals surface area contributed by atoms with Gasteiger partial charge in [-0.05, 0) is 17.7 Å². The molecule has 1 amide bonds. The summed E-state index contributed by atoms with van der Waals surface area (Å²) < 4.78 is 12.9. The van der Waals surface area contributed by atoms with Crippen LogP contribution in [0.15, 0.2) is 24.3 Å². The summed E-state index contributed by atoms with van der Waals surface area (Å²) in [6.45, 7) is 0. The molecule has 0 saturated carbocycles. The Morgan fingerprint density at radius 2 is 2.21 bits per heavy atom. The van der Waals surface area contributed by atoms with Crippen molar-refractivity contribution in [2.75, 3.05) is 7.05 Å². The van der Waals surface area contributed by atoms with Crippen molar-refractivity contribution in [3.8, 4) is 0 Å². The fourth-order valence-corrected chi connectivity index (χ4v) is 1.79. The Balaban J connectivity index is 2.28. The van der Waals surface area contributed by atoms with E-state index < -0.39 is 6.04 Å². The highest BCUT2D eigenvalue weighted by molar-refractivity contribution is 5.89. The Bertz CT molecular complexity index is 368. The third-order valence-electron chi connectivity index (χ3n) is 2.58. The number of carbonyl (C=O) groups is 1. The van der Waals surface area contributed by atoms with E-state index in [2.05, 4.69) is 0 Å². The Kier molecular flexibility index (Phi) is 2.00. The monoisotopic (exact) mass is 194 g/mol. The van der Waals surface area contributed by atoms with Crippen LogP contribution in [0, 0.1) is 5.82 Å². The van der Waals surface area contributed by atoms with Crippen LogP contribution in [0.1, 0.15) is 11.6 Å². The predicted octanol–water partition coefficient (Wildman–Crippen LogP) is 0.666. The van der Waals surface area contributed by atoms with Gasteiger partial charge in [0.1, 0.15) is 11.9 Å². The maximum Gasteiger partial charge on any atom is 0.242 e. The lowest BCUT2D eigenvalue weighted by Crippen LogP contribution is -2.61. The largest absolute Gasteiger partial charge is 0.335 e. The molecule has 1 aromatic rings. The van der Waals surface area contributed by atoms with E-state index >= 15 is 0 Å². The van der Waals surface area contributed by atoms with Crippen molar-refractivity contribution in [1.29, 1.82) is 0 Å². The third kappa shape index (κ3) is 1.19. The van der Waals surface area contributed by atoms with Crippen LogP contribution in [0.4, 0.5) is 4.39 Å². The molecule has 2 N–H and O–H groups in total. The topological polar surface area (TPSA) is 46.3 Å². The Morgan fingerprint density at radius 1 is 1.50 bits per heavy atom. The van der Waals surface area contributed by atoms with E-state index in [0.717, 1.165) is 5.56 Å². The summed E-state index contributed by atoms with van der Waals surface area (Å²) in [7, 11) is 1.67. The normalized spacial score (nSPS) is 26.2. The van der Waals surface area contributed by atoms with Crippen molar-refractivity contribution in [2.24, 2.45) is 5.73 Å². The summed E-state index contributed by atoms with van der Waals surface area (Å²) >= 11 is 0. The third-order valence-corrected chi connectivity index (χ3v) is 2.58. The number of likely N-dealkylation sites (tertiary alicyclic amines) is 1. The molecule has 4 heteroatoms. The zero-order valence-electron chi connectivity index (χ0n) is 7.77. The van der Waals surface area contributed by atoms with Crippen molar-refractivity contribution in [3.63, 3.8) is 0 Å². The van der Waals surface area contributed by atoms with Gasteiger partial charge in [0.05, 0.1) is 6.04 Å². The van der Waals surface area contributed by atoms with Gasteiger partial charge in [-0.15, -0.1) is 0 Å². The maximum absolute atomic E-state index is 12.9. The minimum absolute atomic E-state index is 0.0979. The molecule has 1 aliphatic heterocycles. The summed E-state index contributed by atoms with van der Waals surface area (Å²) in [5, 5.41) is 0. The SMILES string of the molecule is CN1C(=O)[C@H](N)[C@@H]1c1cccc(F)c1. The minimum atomic E-state index is -0.526. The summed E-state index contributed by atoms with van der Waals surface area (Å²) in [4.78, 5) is 12.7. The highest BCUT2D eigenvalue weighted by Gasteiger charge is 2.43. The van der Waals surface area contributed by atoms with Crippen LogP contribution in [0.5, 0.6) is 0 Å². The van der Waals surface area contributed by atoms with Gasteiger partial charge in [0, 0.05) is 7.05 Å². The van der Waals surface area contributed by atoms with Crippen molar-refractivity contribution >= 4 is 5.91 Å². The molecule has 1 aromatic carbocycles. The summed E-state index contributed by atoms with van der Waals surface area (Å²) in [5.74, 6) is -0.401. The van der Waals surface area contributed by atoms with Crippen molar-refractivity contribution in [3.05, 3.63) is 35.6 Å². The lowest BCUT2D eigenvalue weighted by Gasteiger charge is -2.43. The molecular formula is C10H11FN2O. The van der Waals surface area contributed by atoms with Gasteiger partial charge in [0.25, 0.3) is 0 Å². The molecule has 2 atom stereocenters. The molecule has 1 aliphatic rings. The van der Waals surface area contributed by atoms with Gasteiger partial charge >= 0.3 is 0 Å². The molecule has 1 saturated heterocycles. The van der Waals surface area contributed by atoms with Gasteiger partial charge in [0.15, 0.2) is 0 Å². The van der Waals surface area contributed by atoms with Crippen LogP contribution < -0.4 is 5.73 Å². The molecular weight excluding hydrogens is 183 g/mol. The minimum Gasteiger partial charge on any atom is -0.335 e. The standard InChI is InChI=1S/C10H11FN2O/c1-13-9(8(12)10(13)14)6-3-2-4-7(11)5-6/h2-5,8-9H,12H2,1H3/t8-,9+/m1/s1. The molecule has 0 spiro atoms. The van der Waals surface area contributed by atoms with Crippen LogP contribution in [0.2, 0.25) is 0 Å². The number of amides is 1. The first-order valence-electron chi connectivity index (χ1n) is 4.39. The number of hydrogen-bond acceptors (Lipinski definition) is 2. The molecule has 0 radical (unpaired) electrons. The van der Waals surface area contributed by atoms with Gasteiger partial charge in [-0.25, -0.2) is 4.39 Å². The molecule has 0 aliphatic carbocycles. The predicted molar refractivity (Wildman–Crippen MR) is 49.9 cm³/mol. The van der Waals surface area contributed by atoms with Gasteiger partial charge in [-0.2, -0.15) is 0 Å². The molecule has 0 bridgehead atoms. The lowest BCUT2D eigenvalue weighted by atomic mass is 9.90. The number of β-lactam (4-membered cyclic amide) rings is 1. The van der Waals surface area contributed by atoms with Gasteiger partial charge in [0.2, 0.25) is 5.91 Å². The summed E-state index contributed by atoms with van der Waals surface area (Å²) in [5.41, 5.74) is 6.37. The number of benzene rings is 1. The van der Waals surface area contributed by atoms with E-state index in [-0.39, 0.29) is 17.8 Å². The van der Waals surface area contributed by atoms with Crippen LogP contribution in [-0.2, 0) is 4.79 Å². The van der Waals surface area contributed by atoms with E-state index in [4.69, 9.17) is 5.73 Å². The number of halogens is 1. The highest BCUT2D eigenvalue weighted by Crippen LogP contribution is 2.31. The fourth-order valence-electron chi connectivity index (χ4n) is 1.79. The highest BCUT2D eigenvalue weighted by atomic mass is 19.1. The average molecular weight is 194 g/mol. The maximum atomic E-state index is 12.9. The van der Waals surface area contributed by atoms with Gasteiger partial charge < -0.3 is 10.6 Å². The smallest absolute Gasteiger partial charge is 0.242 e. The van der Waals surface area contributed by atoms with E-state index in [1.165, 1.54) is 17.0 Å². The van der Waals surface area contributed by atoms with Crippen molar-refractivity contribution < 1.29 is 9.18 Å². The van der Waals surface area contributed by atoms with Crippen LogP contribution in [-0.4, -0.2) is 23.9 Å². The zero-order valence-corrected chi connectivity index (χ0v) is 7.77. The molecule has 1 heterocycles. The molecule has 0 aromatic heterocycles. The van der Waals surface area contributed by atoms with Crippen LogP contribution in [0.3, 0.4) is 0 Å². The second-order valence-electron chi connectivity index (χ2n) is 3.47. The lowest BCUT2D eigenvalue weighted by molar-refractivity contribution is -0.147. The first kappa shape index (κ1) is 9.15. The number of likely N-dealkylation sites (N-methyl/N-ethyl adjacent to an activating group) is 1. The molecule has 0 unspecified atom stereocenters. The summed E-state index contributed by atoms with van der Waals surface area (Å²) in [6.07, 6.45) is 0. The summed E-state index contributed by atoms with van der Waals surface area (Å²) in [6, 6.07) is 5.47. The number of carbonyl (C=O) groups excluding carboxylic acids is 1. The van der Waals surface area contributed by atoms with Crippen LogP contribution in [0.25, 0.3) is 0 Å². The second kappa shape index (κ2) is 3.06. The first-order chi connectivity index (χ1) is 6.61. The number of rotatable bonds is 1. The first-order valence-corrected chi connectivity index (χ1v) is 4.39. The van der Waals surface area contributed by atoms with Gasteiger partial charge in [-0.1, -0.05) is 12.1 Å². The number of nitrogens with zero attached hydrogens (tertiary/aromatic N) is 1. The van der Waals surface area contributed by atoms with E-state index in [0.29, 0.717) is 0 Å². The molecule has 74 valence electrons. The number of nitrogens with two attached hydrogens (primary N) is 1. The molecule has 3 nitrogen and oxygen atoms in total. The molecule has 14 heavy (non-hydrogen) atoms. The van der Waals surface area contributed by atoms with Crippen molar-refractivity contribution in [1.82, 2.24) is 4.90 Å². The van der Waals surface area contributed by atoms with E-state index in [1.807, 2.05) is 0 Å². The Hall–Kier alpha value is -1.42. The molecule has 1 fully saturated rings. The van der Waals surface area contributed by atoms with E-state index in [9.17, 15) is 9.18 Å². The van der Waals surface area contributed by atoms with Gasteiger partial charge in [-0.3, -0.25) is 4.79 Å². The molecule has 2 rings (SSSR count). The second-order valence-corrected chi connectivity index (χ2v) is 3.47. The zero-order chi connectivity index (χ0) is 10.3.